The number of halogens is 1. The lowest BCUT2D eigenvalue weighted by molar-refractivity contribution is -0.118. The van der Waals surface area contributed by atoms with E-state index in [2.05, 4.69) is 42.6 Å². The molecular formula is C26H19ClN2O2. The molecule has 0 aliphatic carbocycles. The van der Waals surface area contributed by atoms with Gasteiger partial charge in [0.1, 0.15) is 5.75 Å². The van der Waals surface area contributed by atoms with Crippen molar-refractivity contribution in [1.29, 1.82) is 0 Å². The van der Waals surface area contributed by atoms with Gasteiger partial charge >= 0.3 is 0 Å². The molecule has 0 unspecified atom stereocenters. The number of nitrogens with one attached hydrogen (secondary N) is 1. The number of aromatic nitrogens is 1. The minimum absolute atomic E-state index is 0.0359. The van der Waals surface area contributed by atoms with Crippen LogP contribution in [0.5, 0.6) is 5.75 Å². The van der Waals surface area contributed by atoms with Crippen molar-refractivity contribution >= 4 is 23.2 Å². The Hall–Kier alpha value is -3.63. The van der Waals surface area contributed by atoms with Crippen LogP contribution < -0.4 is 10.1 Å². The number of aryl methyl sites for hydroxylation is 1. The van der Waals surface area contributed by atoms with E-state index in [-0.39, 0.29) is 12.5 Å². The van der Waals surface area contributed by atoms with E-state index in [1.165, 1.54) is 5.56 Å². The van der Waals surface area contributed by atoms with Crippen molar-refractivity contribution in [1.82, 2.24) is 4.98 Å². The molecule has 1 N–H and O–H groups in total. The van der Waals surface area contributed by atoms with Crippen LogP contribution in [0.3, 0.4) is 0 Å². The van der Waals surface area contributed by atoms with Gasteiger partial charge in [0, 0.05) is 16.1 Å². The highest BCUT2D eigenvalue weighted by atomic mass is 35.5. The lowest BCUT2D eigenvalue weighted by Crippen LogP contribution is -2.25. The number of ether oxygens (including phenoxy) is 1. The Morgan fingerprint density at radius 1 is 0.806 bits per heavy atom. The summed E-state index contributed by atoms with van der Waals surface area (Å²) < 4.78 is 5.49. The third kappa shape index (κ3) is 4.03. The van der Waals surface area contributed by atoms with Gasteiger partial charge in [0.25, 0.3) is 5.91 Å². The number of carbonyl (C=O) groups is 1. The Morgan fingerprint density at radius 3 is 2.19 bits per heavy atom. The van der Waals surface area contributed by atoms with Crippen LogP contribution in [-0.2, 0) is 4.79 Å². The van der Waals surface area contributed by atoms with E-state index in [0.717, 1.165) is 33.6 Å². The van der Waals surface area contributed by atoms with E-state index in [0.29, 0.717) is 16.5 Å². The molecule has 152 valence electrons. The van der Waals surface area contributed by atoms with E-state index in [1.807, 2.05) is 48.5 Å². The first-order valence-electron chi connectivity index (χ1n) is 9.97. The summed E-state index contributed by atoms with van der Waals surface area (Å²) in [5, 5.41) is 3.57. The maximum absolute atomic E-state index is 11.7. The average molecular weight is 427 g/mol. The number of fused-ring (bicyclic) bond motifs is 1. The van der Waals surface area contributed by atoms with Gasteiger partial charge in [-0.3, -0.25) is 4.79 Å². The zero-order valence-electron chi connectivity index (χ0n) is 16.9. The van der Waals surface area contributed by atoms with Crippen LogP contribution in [0.1, 0.15) is 5.56 Å². The molecule has 1 aliphatic rings. The molecule has 5 heteroatoms. The number of benzene rings is 3. The van der Waals surface area contributed by atoms with Crippen molar-refractivity contribution in [3.63, 3.8) is 0 Å². The smallest absolute Gasteiger partial charge is 0.262 e. The van der Waals surface area contributed by atoms with Gasteiger partial charge in [-0.25, -0.2) is 4.98 Å². The fourth-order valence-corrected chi connectivity index (χ4v) is 3.73. The van der Waals surface area contributed by atoms with Crippen molar-refractivity contribution in [2.75, 3.05) is 11.9 Å². The molecule has 1 aromatic heterocycles. The molecule has 2 heterocycles. The van der Waals surface area contributed by atoms with Gasteiger partial charge in [0.05, 0.1) is 17.1 Å². The van der Waals surface area contributed by atoms with Crippen molar-refractivity contribution in [2.24, 2.45) is 0 Å². The second-order valence-corrected chi connectivity index (χ2v) is 7.98. The van der Waals surface area contributed by atoms with E-state index < -0.39 is 0 Å². The van der Waals surface area contributed by atoms with Crippen molar-refractivity contribution in [3.05, 3.63) is 89.4 Å². The van der Waals surface area contributed by atoms with Crippen molar-refractivity contribution < 1.29 is 9.53 Å². The molecule has 3 aromatic carbocycles. The van der Waals surface area contributed by atoms with Crippen LogP contribution >= 0.6 is 11.6 Å². The first-order valence-corrected chi connectivity index (χ1v) is 10.4. The average Bonchev–Trinajstić information content (AvgIpc) is 2.79. The lowest BCUT2D eigenvalue weighted by Gasteiger charge is -2.18. The largest absolute Gasteiger partial charge is 0.482 e. The molecule has 0 spiro atoms. The molecule has 0 radical (unpaired) electrons. The Kier molecular flexibility index (Phi) is 4.92. The third-order valence-electron chi connectivity index (χ3n) is 5.26. The normalized spacial score (nSPS) is 12.6. The molecule has 1 amide bonds. The molecule has 1 aliphatic heterocycles. The Balaban J connectivity index is 1.66. The highest BCUT2D eigenvalue weighted by molar-refractivity contribution is 6.30. The predicted molar refractivity (Wildman–Crippen MR) is 124 cm³/mol. The molecule has 31 heavy (non-hydrogen) atoms. The number of anilines is 1. The zero-order valence-corrected chi connectivity index (χ0v) is 17.6. The molecule has 0 fully saturated rings. The first kappa shape index (κ1) is 19.3. The molecule has 0 bridgehead atoms. The maximum atomic E-state index is 11.7. The molecular weight excluding hydrogens is 408 g/mol. The monoisotopic (exact) mass is 426 g/mol. The minimum Gasteiger partial charge on any atom is -0.482 e. The second kappa shape index (κ2) is 7.89. The van der Waals surface area contributed by atoms with E-state index in [1.54, 1.807) is 0 Å². The van der Waals surface area contributed by atoms with Crippen LogP contribution in [0.2, 0.25) is 5.02 Å². The number of rotatable bonds is 3. The van der Waals surface area contributed by atoms with Gasteiger partial charge in [0.2, 0.25) is 0 Å². The summed E-state index contributed by atoms with van der Waals surface area (Å²) in [7, 11) is 0. The molecule has 4 aromatic rings. The lowest BCUT2D eigenvalue weighted by atomic mass is 9.99. The van der Waals surface area contributed by atoms with Gasteiger partial charge in [-0.15, -0.1) is 0 Å². The van der Waals surface area contributed by atoms with Crippen LogP contribution in [0.15, 0.2) is 78.9 Å². The predicted octanol–water partition coefficient (Wildman–Crippen LogP) is 6.38. The number of hydrogen-bond acceptors (Lipinski definition) is 3. The number of nitrogens with zero attached hydrogens (tertiary/aromatic N) is 1. The van der Waals surface area contributed by atoms with Crippen LogP contribution in [0.4, 0.5) is 5.69 Å². The number of pyridine rings is 1. The molecule has 5 rings (SSSR count). The summed E-state index contributed by atoms with van der Waals surface area (Å²) in [5.41, 5.74) is 7.57. The van der Waals surface area contributed by atoms with E-state index in [9.17, 15) is 4.79 Å². The highest BCUT2D eigenvalue weighted by Gasteiger charge is 2.17. The fraction of sp³-hybridized carbons (Fsp3) is 0.0769. The molecule has 4 nitrogen and oxygen atoms in total. The van der Waals surface area contributed by atoms with Gasteiger partial charge < -0.3 is 10.1 Å². The maximum Gasteiger partial charge on any atom is 0.262 e. The molecule has 0 atom stereocenters. The molecule has 0 saturated heterocycles. The standard InChI is InChI=1S/C26H19ClN2O2/c1-16-2-4-18(5-3-16)22-13-20(17-6-9-21(27)10-7-17)14-23(28-22)19-8-11-25-24(12-19)29-26(30)15-31-25/h2-14H,15H2,1H3,(H,29,30). The van der Waals surface area contributed by atoms with Gasteiger partial charge in [0.15, 0.2) is 6.61 Å². The summed E-state index contributed by atoms with van der Waals surface area (Å²) in [5.74, 6) is 0.504. The van der Waals surface area contributed by atoms with Gasteiger partial charge in [-0.2, -0.15) is 0 Å². The number of hydrogen-bond donors (Lipinski definition) is 1. The van der Waals surface area contributed by atoms with Crippen LogP contribution in [-0.4, -0.2) is 17.5 Å². The Morgan fingerprint density at radius 2 is 1.45 bits per heavy atom. The first-order chi connectivity index (χ1) is 15.0. The SMILES string of the molecule is Cc1ccc(-c2cc(-c3ccc(Cl)cc3)cc(-c3ccc4c(c3)NC(=O)CO4)n2)cc1. The second-order valence-electron chi connectivity index (χ2n) is 7.55. The topological polar surface area (TPSA) is 51.2 Å². The highest BCUT2D eigenvalue weighted by Crippen LogP contribution is 2.35. The molecule has 0 saturated carbocycles. The van der Waals surface area contributed by atoms with Crippen LogP contribution in [0.25, 0.3) is 33.6 Å². The number of amides is 1. The third-order valence-corrected chi connectivity index (χ3v) is 5.51. The van der Waals surface area contributed by atoms with Gasteiger partial charge in [-0.1, -0.05) is 53.6 Å². The number of carbonyl (C=O) groups excluding carboxylic acids is 1. The fourth-order valence-electron chi connectivity index (χ4n) is 3.60. The minimum atomic E-state index is -0.159. The summed E-state index contributed by atoms with van der Waals surface area (Å²) >= 11 is 6.09. The van der Waals surface area contributed by atoms with Crippen molar-refractivity contribution in [3.8, 4) is 39.4 Å². The Labute approximate surface area is 185 Å². The van der Waals surface area contributed by atoms with Gasteiger partial charge in [-0.05, 0) is 60.5 Å². The van der Waals surface area contributed by atoms with Crippen molar-refractivity contribution in [2.45, 2.75) is 6.92 Å². The summed E-state index contributed by atoms with van der Waals surface area (Å²) in [4.78, 5) is 16.7. The quantitative estimate of drug-likeness (QED) is 0.413. The zero-order chi connectivity index (χ0) is 21.4. The summed E-state index contributed by atoms with van der Waals surface area (Å²) in [6, 6.07) is 26.0. The van der Waals surface area contributed by atoms with E-state index in [4.69, 9.17) is 21.3 Å². The summed E-state index contributed by atoms with van der Waals surface area (Å²) in [6.07, 6.45) is 0. The van der Waals surface area contributed by atoms with E-state index >= 15 is 0 Å². The Bertz CT molecular complexity index is 1220. The van der Waals surface area contributed by atoms with Crippen LogP contribution in [0, 0.1) is 6.92 Å². The summed E-state index contributed by atoms with van der Waals surface area (Å²) in [6.45, 7) is 2.10.